The molecule has 0 spiro atoms. The van der Waals surface area contributed by atoms with Crippen molar-refractivity contribution in [1.29, 1.82) is 0 Å². The Labute approximate surface area is 188 Å². The van der Waals surface area contributed by atoms with Gasteiger partial charge in [0.2, 0.25) is 0 Å². The maximum atomic E-state index is 6.97. The molecule has 30 heavy (non-hydrogen) atoms. The van der Waals surface area contributed by atoms with E-state index in [0.29, 0.717) is 5.92 Å². The molecule has 0 unspecified atom stereocenters. The topological polar surface area (TPSA) is 21.6 Å². The van der Waals surface area contributed by atoms with E-state index in [4.69, 9.17) is 21.3 Å². The van der Waals surface area contributed by atoms with Gasteiger partial charge in [-0.05, 0) is 41.0 Å². The first-order chi connectivity index (χ1) is 14.1. The van der Waals surface area contributed by atoms with E-state index >= 15 is 0 Å². The summed E-state index contributed by atoms with van der Waals surface area (Å²) in [5.74, 6) is 0.412. The van der Waals surface area contributed by atoms with Crippen molar-refractivity contribution in [3.63, 3.8) is 0 Å². The molecule has 4 heteroatoms. The largest absolute Gasteiger partial charge is 0.443 e. The van der Waals surface area contributed by atoms with Gasteiger partial charge in [-0.3, -0.25) is 0 Å². The fraction of sp³-hybridized carbons (Fsp3) is 0.500. The normalized spacial score (nSPS) is 22.2. The van der Waals surface area contributed by atoms with Crippen LogP contribution in [0, 0.1) is 11.3 Å². The second-order valence-electron chi connectivity index (χ2n) is 10.6. The van der Waals surface area contributed by atoms with Gasteiger partial charge in [-0.1, -0.05) is 102 Å². The zero-order valence-corrected chi connectivity index (χ0v) is 21.0. The molecule has 0 N–H and O–H groups in total. The maximum absolute atomic E-state index is 6.97. The monoisotopic (exact) mass is 441 g/mol. The molecule has 0 aromatic heterocycles. The number of halogens is 1. The Morgan fingerprint density at radius 1 is 0.867 bits per heavy atom. The van der Waals surface area contributed by atoms with Crippen molar-refractivity contribution in [2.24, 2.45) is 16.5 Å². The summed E-state index contributed by atoms with van der Waals surface area (Å²) in [6, 6.07) is 21.3. The first-order valence-corrected chi connectivity index (χ1v) is 13.4. The van der Waals surface area contributed by atoms with Crippen molar-refractivity contribution in [3.05, 3.63) is 60.7 Å². The maximum Gasteiger partial charge on any atom is 0.354 e. The van der Waals surface area contributed by atoms with Gasteiger partial charge in [0, 0.05) is 5.04 Å². The highest BCUT2D eigenvalue weighted by molar-refractivity contribution is 6.99. The number of hydrogen-bond donors (Lipinski definition) is 0. The van der Waals surface area contributed by atoms with Crippen LogP contribution in [0.3, 0.4) is 0 Å². The number of rotatable bonds is 4. The third kappa shape index (κ3) is 4.52. The van der Waals surface area contributed by atoms with E-state index in [0.717, 1.165) is 25.0 Å². The smallest absolute Gasteiger partial charge is 0.354 e. The van der Waals surface area contributed by atoms with Crippen molar-refractivity contribution in [1.82, 2.24) is 0 Å². The summed E-state index contributed by atoms with van der Waals surface area (Å²) < 4.78 is 6.78. The molecule has 162 valence electrons. The minimum Gasteiger partial charge on any atom is -0.443 e. The Morgan fingerprint density at radius 2 is 1.37 bits per heavy atom. The second-order valence-corrected chi connectivity index (χ2v) is 15.3. The van der Waals surface area contributed by atoms with Crippen LogP contribution >= 0.6 is 11.6 Å². The Bertz CT molecular complexity index is 813. The molecule has 3 rings (SSSR count). The summed E-state index contributed by atoms with van der Waals surface area (Å²) in [7, 11) is -2.68. The Kier molecular flexibility index (Phi) is 6.83. The van der Waals surface area contributed by atoms with Gasteiger partial charge < -0.3 is 4.53 Å². The van der Waals surface area contributed by atoms with Crippen molar-refractivity contribution < 1.29 is 4.53 Å². The summed E-state index contributed by atoms with van der Waals surface area (Å²) in [5, 5.41) is 7.17. The van der Waals surface area contributed by atoms with Crippen LogP contribution in [0.1, 0.15) is 60.8 Å². The molecule has 0 heterocycles. The summed E-state index contributed by atoms with van der Waals surface area (Å²) >= 11 is 6.97. The highest BCUT2D eigenvalue weighted by Crippen LogP contribution is 2.41. The van der Waals surface area contributed by atoms with Gasteiger partial charge in [0.1, 0.15) is 0 Å². The number of alkyl halides is 1. The minimum absolute atomic E-state index is 0.0723. The summed E-state index contributed by atoms with van der Waals surface area (Å²) in [5.41, 5.74) is 1.17. The number of oxime groups is 1. The van der Waals surface area contributed by atoms with Crippen molar-refractivity contribution in [2.75, 3.05) is 0 Å². The predicted octanol–water partition coefficient (Wildman–Crippen LogP) is 6.37. The molecule has 2 atom stereocenters. The van der Waals surface area contributed by atoms with E-state index in [1.54, 1.807) is 0 Å². The first-order valence-electron chi connectivity index (χ1n) is 11.1. The minimum atomic E-state index is -2.68. The molecule has 0 radical (unpaired) electrons. The molecule has 0 aliphatic heterocycles. The van der Waals surface area contributed by atoms with Crippen molar-refractivity contribution >= 4 is 36.0 Å². The molecule has 1 saturated carbocycles. The van der Waals surface area contributed by atoms with Crippen LogP contribution < -0.4 is 10.4 Å². The molecule has 1 aliphatic rings. The molecule has 0 amide bonds. The first kappa shape index (κ1) is 23.1. The lowest BCUT2D eigenvalue weighted by Crippen LogP contribution is -2.66. The molecule has 2 nitrogen and oxygen atoms in total. The van der Waals surface area contributed by atoms with Crippen LogP contribution in [-0.4, -0.2) is 19.4 Å². The average molecular weight is 442 g/mol. The van der Waals surface area contributed by atoms with Crippen LogP contribution in [-0.2, 0) is 4.53 Å². The van der Waals surface area contributed by atoms with Gasteiger partial charge in [0.25, 0.3) is 0 Å². The number of hydrogen-bond acceptors (Lipinski definition) is 2. The lowest BCUT2D eigenvalue weighted by molar-refractivity contribution is 0.219. The van der Waals surface area contributed by atoms with Gasteiger partial charge in [-0.2, -0.15) is 0 Å². The van der Waals surface area contributed by atoms with Crippen LogP contribution in [0.15, 0.2) is 65.8 Å². The molecular formula is C26H36ClNOSi. The second kappa shape index (κ2) is 8.88. The fourth-order valence-corrected chi connectivity index (χ4v) is 9.52. The predicted molar refractivity (Wildman–Crippen MR) is 133 cm³/mol. The molecule has 1 fully saturated rings. The van der Waals surface area contributed by atoms with E-state index in [-0.39, 0.29) is 15.8 Å². The highest BCUT2D eigenvalue weighted by atomic mass is 35.5. The molecule has 1 aliphatic carbocycles. The summed E-state index contributed by atoms with van der Waals surface area (Å²) in [6.07, 6.45) is 3.18. The fourth-order valence-electron chi connectivity index (χ4n) is 4.74. The highest BCUT2D eigenvalue weighted by Gasteiger charge is 2.53. The zero-order valence-electron chi connectivity index (χ0n) is 19.3. The Balaban J connectivity index is 2.09. The van der Waals surface area contributed by atoms with Crippen LogP contribution in [0.25, 0.3) is 0 Å². The van der Waals surface area contributed by atoms with Gasteiger partial charge in [-0.25, -0.2) is 0 Å². The molecule has 0 bridgehead atoms. The molecule has 0 saturated heterocycles. The lowest BCUT2D eigenvalue weighted by atomic mass is 9.71. The van der Waals surface area contributed by atoms with Crippen LogP contribution in [0.4, 0.5) is 0 Å². The van der Waals surface area contributed by atoms with Crippen LogP contribution in [0.2, 0.25) is 5.04 Å². The average Bonchev–Trinajstić information content (AvgIpc) is 2.69. The van der Waals surface area contributed by atoms with Crippen LogP contribution in [0.5, 0.6) is 0 Å². The van der Waals surface area contributed by atoms with E-state index in [9.17, 15) is 0 Å². The SMILES string of the molecule is CC(C)(C)[C@@H]1CCC/C(=N\O[Si](c2ccccc2)(c2ccccc2)C(C)(C)C)[C@H]1Cl. The standard InChI is InChI=1S/C26H36ClNOSi/c1-25(2,3)22-18-13-19-23(24(22)27)28-29-30(26(4,5)6,20-14-9-7-10-15-20)21-16-11-8-12-17-21/h7-12,14-17,22,24H,13,18-19H2,1-6H3/b28-23+/t22-,24+/m1/s1. The third-order valence-corrected chi connectivity index (χ3v) is 11.8. The Hall–Kier alpha value is -1.58. The number of nitrogens with zero attached hydrogens (tertiary/aromatic N) is 1. The molecular weight excluding hydrogens is 406 g/mol. The Morgan fingerprint density at radius 3 is 1.80 bits per heavy atom. The van der Waals surface area contributed by atoms with E-state index in [1.807, 2.05) is 0 Å². The van der Waals surface area contributed by atoms with Crippen molar-refractivity contribution in [2.45, 2.75) is 71.2 Å². The van der Waals surface area contributed by atoms with Crippen molar-refractivity contribution in [3.8, 4) is 0 Å². The molecule has 2 aromatic rings. The number of benzene rings is 2. The lowest BCUT2D eigenvalue weighted by Gasteiger charge is -2.41. The zero-order chi connectivity index (χ0) is 22.0. The third-order valence-electron chi connectivity index (χ3n) is 6.45. The van der Waals surface area contributed by atoms with E-state index in [1.165, 1.54) is 10.4 Å². The quantitative estimate of drug-likeness (QED) is 0.306. The van der Waals surface area contributed by atoms with Gasteiger partial charge in [-0.15, -0.1) is 16.8 Å². The summed E-state index contributed by atoms with van der Waals surface area (Å²) in [4.78, 5) is 0. The van der Waals surface area contributed by atoms with E-state index in [2.05, 4.69) is 102 Å². The molecule has 2 aromatic carbocycles. The van der Waals surface area contributed by atoms with E-state index < -0.39 is 8.32 Å². The van der Waals surface area contributed by atoms with Gasteiger partial charge in [0.15, 0.2) is 0 Å². The summed E-state index contributed by atoms with van der Waals surface area (Å²) in [6.45, 7) is 13.7. The van der Waals surface area contributed by atoms with Gasteiger partial charge in [0.05, 0.1) is 11.1 Å². The van der Waals surface area contributed by atoms with Gasteiger partial charge >= 0.3 is 8.32 Å².